The first-order valence-electron chi connectivity index (χ1n) is 5.58. The number of hydrogen-bond donors (Lipinski definition) is 2. The Kier molecular flexibility index (Phi) is 12.4. The Bertz CT molecular complexity index is 112. The van der Waals surface area contributed by atoms with Gasteiger partial charge in [-0.15, -0.1) is 0 Å². The van der Waals surface area contributed by atoms with Gasteiger partial charge >= 0.3 is 0 Å². The van der Waals surface area contributed by atoms with Crippen molar-refractivity contribution in [1.29, 1.82) is 0 Å². The summed E-state index contributed by atoms with van der Waals surface area (Å²) in [7, 11) is -1.72. The minimum atomic E-state index is -1.72. The molecule has 0 spiro atoms. The molecule has 0 aromatic carbocycles. The number of hydrogen-bond acceptors (Lipinski definition) is 3. The van der Waals surface area contributed by atoms with Crippen molar-refractivity contribution in [2.75, 3.05) is 5.75 Å². The highest BCUT2D eigenvalue weighted by molar-refractivity contribution is 8.52. The fraction of sp³-hybridized carbons (Fsp3) is 1.00. The monoisotopic (exact) mass is 238 g/mol. The summed E-state index contributed by atoms with van der Waals surface area (Å²) < 4.78 is 0. The molecule has 0 saturated heterocycles. The van der Waals surface area contributed by atoms with E-state index >= 15 is 0 Å². The van der Waals surface area contributed by atoms with E-state index in [1.54, 1.807) is 0 Å². The second-order valence-corrected chi connectivity index (χ2v) is 6.49. The van der Waals surface area contributed by atoms with Crippen molar-refractivity contribution in [2.24, 2.45) is 0 Å². The molecule has 0 bridgehead atoms. The van der Waals surface area contributed by atoms with Crippen LogP contribution in [0.1, 0.15) is 58.3 Å². The molecule has 2 nitrogen and oxygen atoms in total. The molecule has 14 heavy (non-hydrogen) atoms. The van der Waals surface area contributed by atoms with E-state index in [-0.39, 0.29) is 0 Å². The molecule has 0 aliphatic carbocycles. The molecule has 0 aromatic rings. The quantitative estimate of drug-likeness (QED) is 0.445. The first kappa shape index (κ1) is 14.7. The average molecular weight is 238 g/mol. The largest absolute Gasteiger partial charge is 0.342 e. The molecule has 0 amide bonds. The van der Waals surface area contributed by atoms with Gasteiger partial charge in [0.2, 0.25) is 7.58 Å². The molecular weight excluding hydrogens is 215 g/mol. The van der Waals surface area contributed by atoms with Gasteiger partial charge in [0.25, 0.3) is 0 Å². The summed E-state index contributed by atoms with van der Waals surface area (Å²) in [6.07, 6.45) is 10.4. The zero-order valence-corrected chi connectivity index (χ0v) is 10.8. The summed E-state index contributed by atoms with van der Waals surface area (Å²) in [4.78, 5) is 17.3. The molecule has 0 radical (unpaired) electrons. The molecule has 0 unspecified atom stereocenters. The van der Waals surface area contributed by atoms with Crippen molar-refractivity contribution in [2.45, 2.75) is 58.3 Å². The van der Waals surface area contributed by atoms with Crippen molar-refractivity contribution in [3.05, 3.63) is 0 Å². The van der Waals surface area contributed by atoms with Crippen molar-refractivity contribution in [3.8, 4) is 0 Å². The molecule has 0 atom stereocenters. The first-order chi connectivity index (χ1) is 6.77. The van der Waals surface area contributed by atoms with Gasteiger partial charge in [0.15, 0.2) is 0 Å². The van der Waals surface area contributed by atoms with E-state index in [0.717, 1.165) is 12.2 Å². The Morgan fingerprint density at radius 2 is 1.36 bits per heavy atom. The molecule has 86 valence electrons. The lowest BCUT2D eigenvalue weighted by atomic mass is 10.1. The standard InChI is InChI=1S/C10H23O2PS/c1-2-3-4-5-6-7-8-9-10-14-13(11)12/h11-12H,2-10H2,1H3. The molecule has 0 aliphatic heterocycles. The number of rotatable bonds is 10. The van der Waals surface area contributed by atoms with Gasteiger partial charge < -0.3 is 9.79 Å². The van der Waals surface area contributed by atoms with Crippen molar-refractivity contribution >= 4 is 19.0 Å². The zero-order valence-electron chi connectivity index (χ0n) is 9.11. The summed E-state index contributed by atoms with van der Waals surface area (Å²) >= 11 is 1.28. The van der Waals surface area contributed by atoms with Gasteiger partial charge in [-0.05, 0) is 6.42 Å². The van der Waals surface area contributed by atoms with Gasteiger partial charge in [-0.25, -0.2) is 0 Å². The van der Waals surface area contributed by atoms with Gasteiger partial charge in [-0.2, -0.15) is 0 Å². The third-order valence-corrected chi connectivity index (χ3v) is 4.15. The van der Waals surface area contributed by atoms with Crippen LogP contribution in [0.15, 0.2) is 0 Å². The van der Waals surface area contributed by atoms with E-state index in [1.807, 2.05) is 0 Å². The minimum absolute atomic E-state index is 0.896. The molecular formula is C10H23O2PS. The molecule has 4 heteroatoms. The van der Waals surface area contributed by atoms with E-state index in [0.29, 0.717) is 0 Å². The maximum absolute atomic E-state index is 8.64. The normalized spacial score (nSPS) is 11.1. The van der Waals surface area contributed by atoms with Gasteiger partial charge in [0.1, 0.15) is 0 Å². The molecule has 0 aromatic heterocycles. The topological polar surface area (TPSA) is 40.5 Å². The predicted molar refractivity (Wildman–Crippen MR) is 66.4 cm³/mol. The van der Waals surface area contributed by atoms with E-state index in [1.165, 1.54) is 56.3 Å². The highest BCUT2D eigenvalue weighted by Crippen LogP contribution is 2.40. The van der Waals surface area contributed by atoms with Crippen LogP contribution in [0.5, 0.6) is 0 Å². The Balaban J connectivity index is 2.85. The van der Waals surface area contributed by atoms with Crippen molar-refractivity contribution in [1.82, 2.24) is 0 Å². The molecule has 0 heterocycles. The fourth-order valence-corrected chi connectivity index (χ4v) is 2.76. The lowest BCUT2D eigenvalue weighted by Gasteiger charge is -2.02. The first-order valence-corrected chi connectivity index (χ1v) is 8.42. The average Bonchev–Trinajstić information content (AvgIpc) is 2.15. The van der Waals surface area contributed by atoms with Crippen LogP contribution in [-0.4, -0.2) is 15.5 Å². The second kappa shape index (κ2) is 11.8. The maximum Gasteiger partial charge on any atom is 0.232 e. The molecule has 0 rings (SSSR count). The zero-order chi connectivity index (χ0) is 10.6. The van der Waals surface area contributed by atoms with Gasteiger partial charge in [-0.1, -0.05) is 63.3 Å². The van der Waals surface area contributed by atoms with Crippen LogP contribution in [0.4, 0.5) is 0 Å². The molecule has 0 saturated carbocycles. The van der Waals surface area contributed by atoms with E-state index < -0.39 is 7.58 Å². The van der Waals surface area contributed by atoms with E-state index in [2.05, 4.69) is 6.92 Å². The van der Waals surface area contributed by atoms with Crippen LogP contribution in [-0.2, 0) is 0 Å². The molecule has 0 aliphatic rings. The Hall–Kier alpha value is 0.700. The van der Waals surface area contributed by atoms with E-state index in [9.17, 15) is 0 Å². The molecule has 2 N–H and O–H groups in total. The highest BCUT2D eigenvalue weighted by atomic mass is 32.7. The smallest absolute Gasteiger partial charge is 0.232 e. The van der Waals surface area contributed by atoms with Crippen LogP contribution in [0.25, 0.3) is 0 Å². The minimum Gasteiger partial charge on any atom is -0.342 e. The summed E-state index contributed by atoms with van der Waals surface area (Å²) in [6, 6.07) is 0. The Morgan fingerprint density at radius 1 is 0.857 bits per heavy atom. The maximum atomic E-state index is 8.64. The summed E-state index contributed by atoms with van der Waals surface area (Å²) in [6.45, 7) is 2.24. The van der Waals surface area contributed by atoms with Crippen LogP contribution in [0.3, 0.4) is 0 Å². The van der Waals surface area contributed by atoms with Gasteiger partial charge in [-0.3, -0.25) is 0 Å². The van der Waals surface area contributed by atoms with Crippen LogP contribution >= 0.6 is 19.0 Å². The van der Waals surface area contributed by atoms with Crippen molar-refractivity contribution < 1.29 is 9.79 Å². The van der Waals surface area contributed by atoms with Crippen molar-refractivity contribution in [3.63, 3.8) is 0 Å². The number of unbranched alkanes of at least 4 members (excludes halogenated alkanes) is 7. The van der Waals surface area contributed by atoms with Crippen LogP contribution in [0.2, 0.25) is 0 Å². The van der Waals surface area contributed by atoms with Crippen LogP contribution < -0.4 is 0 Å². The SMILES string of the molecule is CCCCCCCCCCSP(O)O. The molecule has 0 fully saturated rings. The van der Waals surface area contributed by atoms with Crippen LogP contribution in [0, 0.1) is 0 Å². The highest BCUT2D eigenvalue weighted by Gasteiger charge is 1.98. The lowest BCUT2D eigenvalue weighted by Crippen LogP contribution is -1.82. The Labute approximate surface area is 93.2 Å². The summed E-state index contributed by atoms with van der Waals surface area (Å²) in [5.41, 5.74) is 0. The fourth-order valence-electron chi connectivity index (χ4n) is 1.38. The lowest BCUT2D eigenvalue weighted by molar-refractivity contribution is 0.505. The third-order valence-electron chi connectivity index (χ3n) is 2.20. The third kappa shape index (κ3) is 12.7. The summed E-state index contributed by atoms with van der Waals surface area (Å²) in [5.74, 6) is 0.896. The second-order valence-electron chi connectivity index (χ2n) is 3.56. The predicted octanol–water partition coefficient (Wildman–Crippen LogP) is 4.07. The van der Waals surface area contributed by atoms with Gasteiger partial charge in [0, 0.05) is 5.75 Å². The summed E-state index contributed by atoms with van der Waals surface area (Å²) in [5, 5.41) is 0. The van der Waals surface area contributed by atoms with Gasteiger partial charge in [0.05, 0.1) is 0 Å². The Morgan fingerprint density at radius 3 is 1.86 bits per heavy atom. The van der Waals surface area contributed by atoms with E-state index in [4.69, 9.17) is 9.79 Å².